The fourth-order valence-electron chi connectivity index (χ4n) is 2.78. The highest BCUT2D eigenvalue weighted by Crippen LogP contribution is 2.27. The van der Waals surface area contributed by atoms with Gasteiger partial charge in [0.15, 0.2) is 5.82 Å². The van der Waals surface area contributed by atoms with Gasteiger partial charge in [-0.3, -0.25) is 9.89 Å². The topological polar surface area (TPSA) is 113 Å². The zero-order valence-corrected chi connectivity index (χ0v) is 14.4. The molecule has 4 aromatic rings. The van der Waals surface area contributed by atoms with Crippen molar-refractivity contribution in [1.29, 1.82) is 0 Å². The Balaban J connectivity index is 1.70. The van der Waals surface area contributed by atoms with E-state index in [1.165, 1.54) is 18.2 Å². The van der Waals surface area contributed by atoms with Crippen LogP contribution in [0, 0.1) is 11.6 Å². The Morgan fingerprint density at radius 2 is 1.89 bits per heavy atom. The van der Waals surface area contributed by atoms with E-state index in [0.717, 1.165) is 5.56 Å². The van der Waals surface area contributed by atoms with Crippen molar-refractivity contribution in [2.75, 3.05) is 0 Å². The minimum Gasteiger partial charge on any atom is -0.369 e. The molecule has 0 radical (unpaired) electrons. The molecule has 0 saturated heterocycles. The minimum atomic E-state index is -0.568. The molecule has 4 N–H and O–H groups in total. The fraction of sp³-hybridized carbons (Fsp3) is 0.0526. The van der Waals surface area contributed by atoms with Crippen molar-refractivity contribution in [3.8, 4) is 11.4 Å². The van der Waals surface area contributed by atoms with Crippen LogP contribution in [0.1, 0.15) is 17.1 Å². The molecule has 2 heterocycles. The molecule has 0 aliphatic heterocycles. The average molecular weight is 380 g/mol. The predicted molar refractivity (Wildman–Crippen MR) is 99.7 cm³/mol. The number of nitrogens with zero attached hydrogens (tertiary/aromatic N) is 3. The smallest absolute Gasteiger partial charge is 0.225 e. The average Bonchev–Trinajstić information content (AvgIpc) is 3.26. The van der Waals surface area contributed by atoms with Crippen molar-refractivity contribution in [1.82, 2.24) is 25.4 Å². The Morgan fingerprint density at radius 1 is 1.11 bits per heavy atom. The van der Waals surface area contributed by atoms with Gasteiger partial charge in [-0.2, -0.15) is 5.10 Å². The van der Waals surface area contributed by atoms with Crippen LogP contribution in [0.2, 0.25) is 0 Å². The summed E-state index contributed by atoms with van der Waals surface area (Å²) in [6.07, 6.45) is 3.40. The van der Waals surface area contributed by atoms with E-state index < -0.39 is 11.7 Å². The number of nitrogens with one attached hydrogen (secondary N) is 2. The third kappa shape index (κ3) is 3.50. The largest absolute Gasteiger partial charge is 0.369 e. The Labute approximate surface area is 157 Å². The molecule has 4 rings (SSSR count). The van der Waals surface area contributed by atoms with Gasteiger partial charge in [-0.1, -0.05) is 18.2 Å². The molecule has 28 heavy (non-hydrogen) atoms. The number of aromatic amines is 2. The summed E-state index contributed by atoms with van der Waals surface area (Å²) < 4.78 is 27.5. The van der Waals surface area contributed by atoms with Crippen molar-refractivity contribution in [3.05, 3.63) is 65.1 Å². The number of fused-ring (bicyclic) bond motifs is 1. The van der Waals surface area contributed by atoms with Gasteiger partial charge in [0, 0.05) is 11.5 Å². The fourth-order valence-corrected chi connectivity index (χ4v) is 2.78. The first-order chi connectivity index (χ1) is 13.5. The van der Waals surface area contributed by atoms with Crippen molar-refractivity contribution in [2.24, 2.45) is 5.73 Å². The van der Waals surface area contributed by atoms with E-state index in [9.17, 15) is 13.6 Å². The van der Waals surface area contributed by atoms with Gasteiger partial charge in [0.2, 0.25) is 5.91 Å². The van der Waals surface area contributed by atoms with E-state index in [1.807, 2.05) is 0 Å². The van der Waals surface area contributed by atoms with Gasteiger partial charge < -0.3 is 10.7 Å². The Hall–Kier alpha value is -3.88. The Morgan fingerprint density at radius 3 is 2.64 bits per heavy atom. The molecule has 9 heteroatoms. The molecular weight excluding hydrogens is 366 g/mol. The van der Waals surface area contributed by atoms with E-state index in [2.05, 4.69) is 25.4 Å². The molecule has 0 spiro atoms. The summed E-state index contributed by atoms with van der Waals surface area (Å²) in [5.74, 6) is -0.963. The minimum absolute atomic E-state index is 0.117. The van der Waals surface area contributed by atoms with Crippen LogP contribution in [0.5, 0.6) is 0 Å². The number of carbonyl (C=O) groups excluding carboxylic acids is 1. The maximum absolute atomic E-state index is 14.5. The van der Waals surface area contributed by atoms with Crippen LogP contribution in [0.4, 0.5) is 8.78 Å². The van der Waals surface area contributed by atoms with Crippen molar-refractivity contribution in [2.45, 2.75) is 6.42 Å². The second-order valence-corrected chi connectivity index (χ2v) is 6.13. The number of primary amides is 1. The van der Waals surface area contributed by atoms with E-state index in [-0.39, 0.29) is 29.5 Å². The first-order valence-corrected chi connectivity index (χ1v) is 8.31. The SMILES string of the molecule is NC(=O)Cc1nnc(-c2cc3c(/C=C/c4ccc(F)cc4)n[nH]c3cc2F)[nH]1. The molecule has 0 unspecified atom stereocenters. The molecule has 1 amide bonds. The van der Waals surface area contributed by atoms with E-state index in [0.29, 0.717) is 16.6 Å². The van der Waals surface area contributed by atoms with Crippen LogP contribution >= 0.6 is 0 Å². The van der Waals surface area contributed by atoms with Gasteiger partial charge in [0.05, 0.1) is 23.2 Å². The number of amides is 1. The lowest BCUT2D eigenvalue weighted by molar-refractivity contribution is -0.117. The predicted octanol–water partition coefficient (Wildman–Crippen LogP) is 2.82. The van der Waals surface area contributed by atoms with Gasteiger partial charge in [-0.05, 0) is 29.8 Å². The van der Waals surface area contributed by atoms with E-state index in [1.54, 1.807) is 30.4 Å². The summed E-state index contributed by atoms with van der Waals surface area (Å²) >= 11 is 0. The van der Waals surface area contributed by atoms with Gasteiger partial charge in [0.1, 0.15) is 17.5 Å². The number of halogens is 2. The maximum atomic E-state index is 14.5. The third-order valence-corrected chi connectivity index (χ3v) is 4.11. The lowest BCUT2D eigenvalue weighted by Gasteiger charge is -2.00. The number of nitrogens with two attached hydrogens (primary N) is 1. The van der Waals surface area contributed by atoms with Gasteiger partial charge in [-0.15, -0.1) is 10.2 Å². The molecule has 2 aromatic carbocycles. The summed E-state index contributed by atoms with van der Waals surface area (Å²) in [4.78, 5) is 13.8. The van der Waals surface area contributed by atoms with Gasteiger partial charge >= 0.3 is 0 Å². The lowest BCUT2D eigenvalue weighted by Crippen LogP contribution is -2.14. The number of hydrogen-bond acceptors (Lipinski definition) is 4. The number of benzene rings is 2. The number of H-pyrrole nitrogens is 2. The van der Waals surface area contributed by atoms with Crippen LogP contribution in [-0.2, 0) is 11.2 Å². The highest BCUT2D eigenvalue weighted by atomic mass is 19.1. The highest BCUT2D eigenvalue weighted by molar-refractivity contribution is 5.92. The van der Waals surface area contributed by atoms with Crippen LogP contribution in [0.3, 0.4) is 0 Å². The zero-order valence-electron chi connectivity index (χ0n) is 14.4. The van der Waals surface area contributed by atoms with E-state index in [4.69, 9.17) is 5.73 Å². The molecule has 0 atom stereocenters. The lowest BCUT2D eigenvalue weighted by atomic mass is 10.1. The molecule has 0 aliphatic carbocycles. The normalized spacial score (nSPS) is 11.5. The summed E-state index contributed by atoms with van der Waals surface area (Å²) in [5.41, 5.74) is 7.21. The van der Waals surface area contributed by atoms with Crippen LogP contribution < -0.4 is 5.73 Å². The first kappa shape index (κ1) is 17.5. The van der Waals surface area contributed by atoms with Crippen LogP contribution in [-0.4, -0.2) is 31.3 Å². The number of rotatable bonds is 5. The molecule has 0 fully saturated rings. The highest BCUT2D eigenvalue weighted by Gasteiger charge is 2.15. The molecule has 0 saturated carbocycles. The van der Waals surface area contributed by atoms with Gasteiger partial charge in [0.25, 0.3) is 0 Å². The standard InChI is InChI=1S/C19H14F2N6O/c20-11-4-1-10(2-5-11)3-6-15-13-7-12(14(21)8-16(13)25-24-15)19-23-18(26-27-19)9-17(22)28/h1-8H,9H2,(H2,22,28)(H,24,25)(H,23,26,27)/b6-3+. The van der Waals surface area contributed by atoms with Crippen LogP contribution in [0.15, 0.2) is 36.4 Å². The molecule has 0 aliphatic rings. The number of aromatic nitrogens is 5. The quantitative estimate of drug-likeness (QED) is 0.494. The Bertz CT molecular complexity index is 1190. The molecule has 140 valence electrons. The summed E-state index contributed by atoms with van der Waals surface area (Å²) in [5, 5.41) is 15.3. The molecule has 0 bridgehead atoms. The van der Waals surface area contributed by atoms with E-state index >= 15 is 0 Å². The first-order valence-electron chi connectivity index (χ1n) is 8.31. The van der Waals surface area contributed by atoms with Crippen molar-refractivity contribution < 1.29 is 13.6 Å². The maximum Gasteiger partial charge on any atom is 0.225 e. The summed E-state index contributed by atoms with van der Waals surface area (Å²) in [6, 6.07) is 8.91. The molecular formula is C19H14F2N6O. The molecule has 2 aromatic heterocycles. The Kier molecular flexibility index (Phi) is 4.40. The summed E-state index contributed by atoms with van der Waals surface area (Å²) in [7, 11) is 0. The molecule has 7 nitrogen and oxygen atoms in total. The number of hydrogen-bond donors (Lipinski definition) is 3. The van der Waals surface area contributed by atoms with Gasteiger partial charge in [-0.25, -0.2) is 8.78 Å². The zero-order chi connectivity index (χ0) is 19.7. The monoisotopic (exact) mass is 380 g/mol. The second-order valence-electron chi connectivity index (χ2n) is 6.13. The third-order valence-electron chi connectivity index (χ3n) is 4.11. The van der Waals surface area contributed by atoms with Crippen LogP contribution in [0.25, 0.3) is 34.4 Å². The van der Waals surface area contributed by atoms with Crippen molar-refractivity contribution in [3.63, 3.8) is 0 Å². The summed E-state index contributed by atoms with van der Waals surface area (Å²) in [6.45, 7) is 0. The second kappa shape index (κ2) is 7.03. The van der Waals surface area contributed by atoms with Crippen molar-refractivity contribution >= 4 is 29.0 Å². The number of carbonyl (C=O) groups is 1.